The van der Waals surface area contributed by atoms with Crippen LogP contribution >= 0.6 is 0 Å². The van der Waals surface area contributed by atoms with E-state index in [0.717, 1.165) is 18.7 Å². The van der Waals surface area contributed by atoms with E-state index in [4.69, 9.17) is 0 Å². The van der Waals surface area contributed by atoms with Crippen molar-refractivity contribution >= 4 is 11.4 Å². The number of likely N-dealkylation sites (N-methyl/N-ethyl adjacent to an activating group) is 1. The highest BCUT2D eigenvalue weighted by atomic mass is 19.1. The first kappa shape index (κ1) is 12.0. The maximum absolute atomic E-state index is 13.2. The van der Waals surface area contributed by atoms with Crippen LogP contribution in [0.15, 0.2) is 48.5 Å². The second-order valence-electron chi connectivity index (χ2n) is 5.06. The number of hydrogen-bond acceptors (Lipinski definition) is 2. The monoisotopic (exact) mass is 256 g/mol. The molecule has 0 fully saturated rings. The van der Waals surface area contributed by atoms with E-state index in [0.29, 0.717) is 6.04 Å². The zero-order valence-electron chi connectivity index (χ0n) is 10.9. The highest BCUT2D eigenvalue weighted by molar-refractivity contribution is 5.57. The van der Waals surface area contributed by atoms with Gasteiger partial charge < -0.3 is 10.2 Å². The summed E-state index contributed by atoms with van der Waals surface area (Å²) in [5.74, 6) is -0.188. The van der Waals surface area contributed by atoms with E-state index in [1.807, 2.05) is 19.2 Å². The molecule has 1 N–H and O–H groups in total. The van der Waals surface area contributed by atoms with Crippen molar-refractivity contribution in [1.29, 1.82) is 0 Å². The topological polar surface area (TPSA) is 15.3 Å². The van der Waals surface area contributed by atoms with Gasteiger partial charge in [-0.15, -0.1) is 0 Å². The molecule has 1 aliphatic heterocycles. The van der Waals surface area contributed by atoms with Crippen LogP contribution < -0.4 is 10.2 Å². The summed E-state index contributed by atoms with van der Waals surface area (Å²) >= 11 is 0. The number of nitrogens with one attached hydrogen (secondary N) is 1. The van der Waals surface area contributed by atoms with Crippen LogP contribution in [0.5, 0.6) is 0 Å². The third-order valence-electron chi connectivity index (χ3n) is 3.59. The van der Waals surface area contributed by atoms with E-state index in [9.17, 15) is 4.39 Å². The molecule has 1 aliphatic rings. The standard InChI is InChI=1S/C16H17FN2/c1-19(15-7-4-6-13(17)10-15)11-14-9-12-5-2-3-8-16(12)18-14/h2-8,10,14,18H,9,11H2,1H3. The molecule has 1 atom stereocenters. The Balaban J connectivity index is 1.67. The molecule has 3 rings (SSSR count). The van der Waals surface area contributed by atoms with Gasteiger partial charge in [-0.2, -0.15) is 0 Å². The second-order valence-corrected chi connectivity index (χ2v) is 5.06. The van der Waals surface area contributed by atoms with Crippen molar-refractivity contribution in [1.82, 2.24) is 0 Å². The number of halogens is 1. The van der Waals surface area contributed by atoms with Gasteiger partial charge in [0, 0.05) is 31.0 Å². The fourth-order valence-corrected chi connectivity index (χ4v) is 2.64. The van der Waals surface area contributed by atoms with Gasteiger partial charge in [0.25, 0.3) is 0 Å². The molecule has 0 amide bonds. The van der Waals surface area contributed by atoms with Gasteiger partial charge in [0.2, 0.25) is 0 Å². The lowest BCUT2D eigenvalue weighted by Crippen LogP contribution is -2.33. The Bertz CT molecular complexity index is 557. The van der Waals surface area contributed by atoms with E-state index in [2.05, 4.69) is 28.4 Å². The minimum absolute atomic E-state index is 0.188. The van der Waals surface area contributed by atoms with Crippen molar-refractivity contribution in [2.75, 3.05) is 23.8 Å². The van der Waals surface area contributed by atoms with Crippen molar-refractivity contribution in [3.63, 3.8) is 0 Å². The lowest BCUT2D eigenvalue weighted by atomic mass is 10.1. The molecule has 2 aromatic rings. The summed E-state index contributed by atoms with van der Waals surface area (Å²) in [6, 6.07) is 15.5. The first-order chi connectivity index (χ1) is 9.22. The Labute approximate surface area is 112 Å². The van der Waals surface area contributed by atoms with Crippen LogP contribution in [0.25, 0.3) is 0 Å². The van der Waals surface area contributed by atoms with E-state index in [-0.39, 0.29) is 5.82 Å². The van der Waals surface area contributed by atoms with Crippen LogP contribution in [0.4, 0.5) is 15.8 Å². The molecule has 1 unspecified atom stereocenters. The highest BCUT2D eigenvalue weighted by Gasteiger charge is 2.21. The highest BCUT2D eigenvalue weighted by Crippen LogP contribution is 2.26. The number of rotatable bonds is 3. The summed E-state index contributed by atoms with van der Waals surface area (Å²) in [5.41, 5.74) is 3.50. The Morgan fingerprint density at radius 2 is 2.05 bits per heavy atom. The number of anilines is 2. The van der Waals surface area contributed by atoms with E-state index >= 15 is 0 Å². The largest absolute Gasteiger partial charge is 0.380 e. The number of nitrogens with zero attached hydrogens (tertiary/aromatic N) is 1. The molecule has 2 aromatic carbocycles. The van der Waals surface area contributed by atoms with Gasteiger partial charge in [-0.1, -0.05) is 24.3 Å². The molecule has 0 saturated carbocycles. The molecular formula is C16H17FN2. The zero-order chi connectivity index (χ0) is 13.2. The van der Waals surface area contributed by atoms with E-state index < -0.39 is 0 Å². The normalized spacial score (nSPS) is 16.8. The fourth-order valence-electron chi connectivity index (χ4n) is 2.64. The summed E-state index contributed by atoms with van der Waals surface area (Å²) in [5, 5.41) is 3.51. The van der Waals surface area contributed by atoms with Gasteiger partial charge in [-0.3, -0.25) is 0 Å². The summed E-state index contributed by atoms with van der Waals surface area (Å²) in [6.45, 7) is 0.859. The van der Waals surface area contributed by atoms with Crippen LogP contribution in [0.1, 0.15) is 5.56 Å². The summed E-state index contributed by atoms with van der Waals surface area (Å²) in [7, 11) is 2.00. The SMILES string of the molecule is CN(CC1Cc2ccccc2N1)c1cccc(F)c1. The van der Waals surface area contributed by atoms with Crippen LogP contribution in [-0.2, 0) is 6.42 Å². The molecule has 0 bridgehead atoms. The summed E-state index contributed by atoms with van der Waals surface area (Å²) in [4.78, 5) is 2.09. The molecule has 3 heteroatoms. The molecule has 98 valence electrons. The van der Waals surface area contributed by atoms with Gasteiger partial charge in [-0.05, 0) is 36.2 Å². The second kappa shape index (κ2) is 4.92. The molecule has 1 heterocycles. The van der Waals surface area contributed by atoms with E-state index in [1.54, 1.807) is 12.1 Å². The van der Waals surface area contributed by atoms with Crippen molar-refractivity contribution in [2.45, 2.75) is 12.5 Å². The van der Waals surface area contributed by atoms with Gasteiger partial charge in [-0.25, -0.2) is 4.39 Å². The minimum atomic E-state index is -0.188. The number of benzene rings is 2. The average molecular weight is 256 g/mol. The lowest BCUT2D eigenvalue weighted by molar-refractivity contribution is 0.626. The molecular weight excluding hydrogens is 239 g/mol. The third-order valence-corrected chi connectivity index (χ3v) is 3.59. The first-order valence-corrected chi connectivity index (χ1v) is 6.53. The molecule has 0 aromatic heterocycles. The van der Waals surface area contributed by atoms with Crippen LogP contribution in [0.3, 0.4) is 0 Å². The van der Waals surface area contributed by atoms with Crippen molar-refractivity contribution in [2.24, 2.45) is 0 Å². The first-order valence-electron chi connectivity index (χ1n) is 6.53. The Hall–Kier alpha value is -2.03. The predicted octanol–water partition coefficient (Wildman–Crippen LogP) is 3.30. The van der Waals surface area contributed by atoms with Crippen molar-refractivity contribution < 1.29 is 4.39 Å². The van der Waals surface area contributed by atoms with Crippen LogP contribution in [0, 0.1) is 5.82 Å². The molecule has 0 spiro atoms. The van der Waals surface area contributed by atoms with Gasteiger partial charge in [0.1, 0.15) is 5.82 Å². The number of para-hydroxylation sites is 1. The van der Waals surface area contributed by atoms with Crippen LogP contribution in [-0.4, -0.2) is 19.6 Å². The molecule has 0 saturated heterocycles. The Kier molecular flexibility index (Phi) is 3.11. The third kappa shape index (κ3) is 2.55. The molecule has 0 aliphatic carbocycles. The minimum Gasteiger partial charge on any atom is -0.380 e. The van der Waals surface area contributed by atoms with Gasteiger partial charge in [0.05, 0.1) is 0 Å². The number of hydrogen-bond donors (Lipinski definition) is 1. The Morgan fingerprint density at radius 1 is 1.21 bits per heavy atom. The smallest absolute Gasteiger partial charge is 0.125 e. The molecule has 2 nitrogen and oxygen atoms in total. The van der Waals surface area contributed by atoms with Crippen molar-refractivity contribution in [3.8, 4) is 0 Å². The van der Waals surface area contributed by atoms with Gasteiger partial charge in [0.15, 0.2) is 0 Å². The summed E-state index contributed by atoms with van der Waals surface area (Å²) in [6.07, 6.45) is 1.02. The lowest BCUT2D eigenvalue weighted by Gasteiger charge is -2.23. The quantitative estimate of drug-likeness (QED) is 0.906. The predicted molar refractivity (Wildman–Crippen MR) is 77.2 cm³/mol. The fraction of sp³-hybridized carbons (Fsp3) is 0.250. The zero-order valence-corrected chi connectivity index (χ0v) is 10.9. The average Bonchev–Trinajstić information content (AvgIpc) is 2.80. The van der Waals surface area contributed by atoms with Crippen molar-refractivity contribution in [3.05, 3.63) is 59.9 Å². The summed E-state index contributed by atoms with van der Waals surface area (Å²) < 4.78 is 13.2. The maximum Gasteiger partial charge on any atom is 0.125 e. The van der Waals surface area contributed by atoms with Crippen LogP contribution in [0.2, 0.25) is 0 Å². The molecule has 19 heavy (non-hydrogen) atoms. The Morgan fingerprint density at radius 3 is 2.84 bits per heavy atom. The number of fused-ring (bicyclic) bond motifs is 1. The molecule has 0 radical (unpaired) electrons. The van der Waals surface area contributed by atoms with Gasteiger partial charge >= 0.3 is 0 Å². The maximum atomic E-state index is 13.2. The van der Waals surface area contributed by atoms with E-state index in [1.165, 1.54) is 17.3 Å².